The van der Waals surface area contributed by atoms with Gasteiger partial charge in [0.25, 0.3) is 0 Å². The van der Waals surface area contributed by atoms with Crippen molar-refractivity contribution in [1.82, 2.24) is 15.3 Å². The number of rotatable bonds is 7. The number of hydrogen-bond donors (Lipinski definition) is 2. The highest BCUT2D eigenvalue weighted by Crippen LogP contribution is 2.21. The Hall–Kier alpha value is -2.89. The summed E-state index contributed by atoms with van der Waals surface area (Å²) >= 11 is 0. The third-order valence-corrected chi connectivity index (χ3v) is 4.65. The lowest BCUT2D eigenvalue weighted by Crippen LogP contribution is -2.79. The highest BCUT2D eigenvalue weighted by Gasteiger charge is 2.20. The maximum atomic E-state index is 7.71. The lowest BCUT2D eigenvalue weighted by Gasteiger charge is -2.20. The van der Waals surface area contributed by atoms with Gasteiger partial charge in [0, 0.05) is 30.3 Å². The van der Waals surface area contributed by atoms with E-state index in [1.807, 2.05) is 24.8 Å². The smallest absolute Gasteiger partial charge is 0.362 e. The maximum absolute atomic E-state index is 7.71. The predicted molar refractivity (Wildman–Crippen MR) is 118 cm³/mol. The molecule has 0 spiro atoms. The molecule has 0 aliphatic heterocycles. The Morgan fingerprint density at radius 1 is 1.24 bits per heavy atom. The summed E-state index contributed by atoms with van der Waals surface area (Å²) in [7, 11) is 0. The number of quaternary nitrogens is 1. The summed E-state index contributed by atoms with van der Waals surface area (Å²) in [6, 6.07) is 10.4. The first-order valence-electron chi connectivity index (χ1n) is 9.97. The van der Waals surface area contributed by atoms with Crippen LogP contribution in [-0.2, 0) is 6.54 Å². The molecule has 29 heavy (non-hydrogen) atoms. The number of nitrogens with two attached hydrogens (primary N) is 1. The molecule has 5 heteroatoms. The van der Waals surface area contributed by atoms with Crippen LogP contribution in [0.2, 0.25) is 0 Å². The van der Waals surface area contributed by atoms with E-state index in [0.29, 0.717) is 5.76 Å². The van der Waals surface area contributed by atoms with Crippen molar-refractivity contribution in [2.75, 3.05) is 6.54 Å². The molecular formula is C24H31N4O+3. The van der Waals surface area contributed by atoms with E-state index in [-0.39, 0.29) is 5.54 Å². The topological polar surface area (TPSA) is 77.3 Å². The van der Waals surface area contributed by atoms with Crippen molar-refractivity contribution in [3.05, 3.63) is 84.1 Å². The van der Waals surface area contributed by atoms with E-state index in [2.05, 4.69) is 67.2 Å². The molecule has 0 fully saturated rings. The Morgan fingerprint density at radius 2 is 2.07 bits per heavy atom. The molecule has 1 aromatic heterocycles. The van der Waals surface area contributed by atoms with Gasteiger partial charge >= 0.3 is 11.7 Å². The van der Waals surface area contributed by atoms with Gasteiger partial charge in [0.1, 0.15) is 6.08 Å². The third-order valence-electron chi connectivity index (χ3n) is 4.65. The van der Waals surface area contributed by atoms with Crippen molar-refractivity contribution < 1.29 is 10.4 Å². The average molecular weight is 392 g/mol. The lowest BCUT2D eigenvalue weighted by molar-refractivity contribution is -0.578. The number of benzene rings is 1. The van der Waals surface area contributed by atoms with E-state index in [0.717, 1.165) is 42.3 Å². The maximum Gasteiger partial charge on any atom is 0.362 e. The first kappa shape index (κ1) is 20.8. The fourth-order valence-corrected chi connectivity index (χ4v) is 3.01. The van der Waals surface area contributed by atoms with Gasteiger partial charge in [-0.3, -0.25) is 5.32 Å². The first-order valence-corrected chi connectivity index (χ1v) is 9.97. The highest BCUT2D eigenvalue weighted by atomic mass is 16.3. The van der Waals surface area contributed by atoms with Gasteiger partial charge in [-0.25, -0.2) is 0 Å². The second-order valence-corrected chi connectivity index (χ2v) is 8.34. The molecule has 150 valence electrons. The minimum absolute atomic E-state index is 0.0860. The number of allylic oxidation sites excluding steroid dienone is 2. The van der Waals surface area contributed by atoms with Crippen LogP contribution in [0.3, 0.4) is 0 Å². The lowest BCUT2D eigenvalue weighted by atomic mass is 9.99. The van der Waals surface area contributed by atoms with Crippen molar-refractivity contribution in [2.24, 2.45) is 0 Å². The zero-order chi connectivity index (χ0) is 20.9. The van der Waals surface area contributed by atoms with Crippen LogP contribution < -0.4 is 10.6 Å². The van der Waals surface area contributed by atoms with Crippen LogP contribution in [-0.4, -0.2) is 27.2 Å². The molecule has 0 amide bonds. The van der Waals surface area contributed by atoms with Gasteiger partial charge in [-0.05, 0) is 38.5 Å². The molecule has 0 saturated carbocycles. The molecule has 3 rings (SSSR count). The van der Waals surface area contributed by atoms with Crippen LogP contribution in [0.1, 0.15) is 32.8 Å². The fraction of sp³-hybridized carbons (Fsp3) is 0.292. The molecule has 1 aromatic carbocycles. The summed E-state index contributed by atoms with van der Waals surface area (Å²) in [6.07, 6.45) is 8.46. The van der Waals surface area contributed by atoms with Crippen molar-refractivity contribution in [3.63, 3.8) is 0 Å². The summed E-state index contributed by atoms with van der Waals surface area (Å²) in [5.74, 6) is 1.22. The minimum Gasteiger partial charge on any atom is -0.538 e. The number of nitrogens with zero attached hydrogens (tertiary/aromatic N) is 2. The molecule has 0 radical (unpaired) electrons. The monoisotopic (exact) mass is 391 g/mol. The van der Waals surface area contributed by atoms with Gasteiger partial charge in [-0.1, -0.05) is 24.8 Å². The standard InChI is InChI=1S/C24H28N4O/c1-17-14-18(8-9-22(17)29)10-12-25-23-26-13-11-21(28-23)20-7-5-6-19(15-20)16-27-24(2,3)4/h5-9,11,13-15,27H,1,10,12,16H2,2-4H3,(H-,25,26,28,29)/p+3. The Labute approximate surface area is 173 Å². The molecule has 2 aromatic rings. The predicted octanol–water partition coefficient (Wildman–Crippen LogP) is 2.93. The molecule has 0 saturated heterocycles. The molecule has 1 heterocycles. The number of nitrogens with one attached hydrogen (secondary N) is 1. The van der Waals surface area contributed by atoms with Crippen LogP contribution >= 0.6 is 0 Å². The van der Waals surface area contributed by atoms with Crippen LogP contribution in [0, 0.1) is 6.42 Å². The Morgan fingerprint density at radius 3 is 2.83 bits per heavy atom. The average Bonchev–Trinajstić information content (AvgIpc) is 2.69. The van der Waals surface area contributed by atoms with Gasteiger partial charge in [0.15, 0.2) is 5.57 Å². The van der Waals surface area contributed by atoms with E-state index in [1.165, 1.54) is 11.1 Å². The molecule has 1 aliphatic rings. The molecule has 0 bridgehead atoms. The zero-order valence-electron chi connectivity index (χ0n) is 17.5. The minimum atomic E-state index is 0.0860. The summed E-state index contributed by atoms with van der Waals surface area (Å²) in [6.45, 7) is 12.1. The van der Waals surface area contributed by atoms with E-state index < -0.39 is 0 Å². The highest BCUT2D eigenvalue weighted by molar-refractivity contribution is 5.60. The molecule has 0 atom stereocenters. The third kappa shape index (κ3) is 6.31. The van der Waals surface area contributed by atoms with Crippen molar-refractivity contribution >= 4 is 5.95 Å². The van der Waals surface area contributed by atoms with Crippen LogP contribution in [0.25, 0.3) is 11.3 Å². The normalized spacial score (nSPS) is 14.2. The Kier molecular flexibility index (Phi) is 6.52. The number of aromatic nitrogens is 2. The zero-order valence-corrected chi connectivity index (χ0v) is 17.5. The molecule has 5 N–H and O–H groups in total. The second kappa shape index (κ2) is 9.07. The van der Waals surface area contributed by atoms with E-state index in [4.69, 9.17) is 10.1 Å². The summed E-state index contributed by atoms with van der Waals surface area (Å²) < 4.78 is 0. The largest absolute Gasteiger partial charge is 0.538 e. The molecule has 0 unspecified atom stereocenters. The summed E-state index contributed by atoms with van der Waals surface area (Å²) in [5, 5.41) is 13.3. The van der Waals surface area contributed by atoms with Crippen molar-refractivity contribution in [3.8, 4) is 11.3 Å². The number of hydrogen-bond acceptors (Lipinski definition) is 3. The molecule has 5 nitrogen and oxygen atoms in total. The van der Waals surface area contributed by atoms with Crippen LogP contribution in [0.15, 0.2) is 72.2 Å². The van der Waals surface area contributed by atoms with Crippen molar-refractivity contribution in [2.45, 2.75) is 39.3 Å². The van der Waals surface area contributed by atoms with E-state index >= 15 is 0 Å². The van der Waals surface area contributed by atoms with Crippen LogP contribution in [0.5, 0.6) is 0 Å². The quantitative estimate of drug-likeness (QED) is 0.563. The van der Waals surface area contributed by atoms with Crippen LogP contribution in [0.4, 0.5) is 5.95 Å². The Balaban J connectivity index is 1.61. The van der Waals surface area contributed by atoms with Crippen molar-refractivity contribution in [1.29, 1.82) is 0 Å². The Bertz CT molecular complexity index is 938. The molecule has 1 aliphatic carbocycles. The summed E-state index contributed by atoms with van der Waals surface area (Å²) in [4.78, 5) is 9.12. The van der Waals surface area contributed by atoms with Gasteiger partial charge in [0.2, 0.25) is 0 Å². The summed E-state index contributed by atoms with van der Waals surface area (Å²) in [5.41, 5.74) is 5.30. The van der Waals surface area contributed by atoms with Gasteiger partial charge < -0.3 is 10.4 Å². The van der Waals surface area contributed by atoms with E-state index in [1.54, 1.807) is 6.08 Å². The van der Waals surface area contributed by atoms with E-state index in [9.17, 15) is 0 Å². The van der Waals surface area contributed by atoms with Gasteiger partial charge in [-0.15, -0.1) is 0 Å². The SMILES string of the molecule is C=C1C=C(CC[NH2+]c2nccc(-c3cccc(CNC(C)(C)C)c3)n2)[CH+]C=C1[OH2+]. The fourth-order valence-electron chi connectivity index (χ4n) is 3.01. The first-order chi connectivity index (χ1) is 13.8. The van der Waals surface area contributed by atoms with Gasteiger partial charge in [-0.2, -0.15) is 9.97 Å². The second-order valence-electron chi connectivity index (χ2n) is 8.34. The van der Waals surface area contributed by atoms with Gasteiger partial charge in [0.05, 0.1) is 30.3 Å². The molecular weight excluding hydrogens is 360 g/mol.